The van der Waals surface area contributed by atoms with Crippen LogP contribution < -0.4 is 0 Å². The second-order valence-corrected chi connectivity index (χ2v) is 6.03. The minimum atomic E-state index is 0.242. The highest BCUT2D eigenvalue weighted by Gasteiger charge is 2.11. The molecule has 0 atom stereocenters. The highest BCUT2D eigenvalue weighted by molar-refractivity contribution is 6.18. The number of hydrogen-bond donors (Lipinski definition) is 0. The Kier molecular flexibility index (Phi) is 15.0. The molecule has 0 aliphatic rings. The van der Waals surface area contributed by atoms with Gasteiger partial charge in [0.15, 0.2) is 0 Å². The quantitative estimate of drug-likeness (QED) is 0.311. The number of carbonyl (C=O) groups excluding carboxylic acids is 1. The smallest absolute Gasteiger partial charge is 0.223 e. The van der Waals surface area contributed by atoms with E-state index in [-0.39, 0.29) is 5.91 Å². The lowest BCUT2D eigenvalue weighted by Gasteiger charge is -2.22. The second kappa shape index (κ2) is 15.2. The molecule has 0 aliphatic carbocycles. The zero-order valence-electron chi connectivity index (χ0n) is 13.6. The van der Waals surface area contributed by atoms with Crippen LogP contribution in [0.4, 0.5) is 0 Å². The van der Waals surface area contributed by atoms with Crippen molar-refractivity contribution in [3.8, 4) is 0 Å². The van der Waals surface area contributed by atoms with E-state index < -0.39 is 0 Å². The molecule has 0 fully saturated rings. The molecule has 0 aromatic heterocycles. The summed E-state index contributed by atoms with van der Waals surface area (Å²) in [5, 5.41) is 0. The predicted octanol–water partition coefficient (Wildman–Crippen LogP) is 5.38. The first-order chi connectivity index (χ1) is 9.76. The van der Waals surface area contributed by atoms with Gasteiger partial charge < -0.3 is 4.90 Å². The molecule has 3 heteroatoms. The van der Waals surface area contributed by atoms with Crippen LogP contribution in [0.2, 0.25) is 0 Å². The molecule has 0 heterocycles. The maximum absolute atomic E-state index is 12.0. The van der Waals surface area contributed by atoms with Gasteiger partial charge in [-0.3, -0.25) is 4.79 Å². The number of hydrogen-bond acceptors (Lipinski definition) is 1. The van der Waals surface area contributed by atoms with E-state index in [0.29, 0.717) is 12.3 Å². The minimum Gasteiger partial charge on any atom is -0.343 e. The Labute approximate surface area is 131 Å². The third-order valence-corrected chi connectivity index (χ3v) is 3.91. The van der Waals surface area contributed by atoms with Gasteiger partial charge in [0.05, 0.1) is 0 Å². The first-order valence-corrected chi connectivity index (χ1v) is 9.13. The summed E-state index contributed by atoms with van der Waals surface area (Å²) in [4.78, 5) is 14.1. The summed E-state index contributed by atoms with van der Waals surface area (Å²) in [6.45, 7) is 6.31. The van der Waals surface area contributed by atoms with Crippen molar-refractivity contribution in [3.05, 3.63) is 0 Å². The Morgan fingerprint density at radius 3 is 1.65 bits per heavy atom. The van der Waals surface area contributed by atoms with Gasteiger partial charge in [0.2, 0.25) is 5.91 Å². The summed E-state index contributed by atoms with van der Waals surface area (Å²) in [7, 11) is 0. The summed E-state index contributed by atoms with van der Waals surface area (Å²) in [5.74, 6) is 0.687. The number of halogens is 1. The van der Waals surface area contributed by atoms with E-state index in [4.69, 9.17) is 11.6 Å². The lowest BCUT2D eigenvalue weighted by molar-refractivity contribution is -0.130. The number of unbranched alkanes of at least 4 members (excludes halogenated alkanes) is 8. The third-order valence-electron chi connectivity index (χ3n) is 3.72. The summed E-state index contributed by atoms with van der Waals surface area (Å²) >= 11 is 5.70. The van der Waals surface area contributed by atoms with Gasteiger partial charge in [0.25, 0.3) is 0 Å². The number of carbonyl (C=O) groups is 1. The summed E-state index contributed by atoms with van der Waals surface area (Å²) < 4.78 is 0. The van der Waals surface area contributed by atoms with Crippen LogP contribution in [0.1, 0.15) is 84.5 Å². The number of rotatable bonds is 14. The fourth-order valence-corrected chi connectivity index (χ4v) is 2.57. The molecule has 2 nitrogen and oxygen atoms in total. The van der Waals surface area contributed by atoms with Crippen molar-refractivity contribution in [3.63, 3.8) is 0 Å². The Bertz CT molecular complexity index is 207. The van der Waals surface area contributed by atoms with E-state index in [1.165, 1.54) is 51.4 Å². The maximum atomic E-state index is 12.0. The Morgan fingerprint density at radius 2 is 1.25 bits per heavy atom. The standard InChI is InChI=1S/C17H34ClNO/c1-3-5-7-9-11-15-19(17(20)13-14-18)16-12-10-8-6-4-2/h3-16H2,1-2H3. The highest BCUT2D eigenvalue weighted by atomic mass is 35.5. The van der Waals surface area contributed by atoms with Crippen LogP contribution in [0.15, 0.2) is 0 Å². The average Bonchev–Trinajstić information content (AvgIpc) is 2.44. The summed E-state index contributed by atoms with van der Waals surface area (Å²) in [5.41, 5.74) is 0. The van der Waals surface area contributed by atoms with Gasteiger partial charge in [0, 0.05) is 25.4 Å². The van der Waals surface area contributed by atoms with Crippen LogP contribution in [0.25, 0.3) is 0 Å². The van der Waals surface area contributed by atoms with Gasteiger partial charge in [0.1, 0.15) is 0 Å². The van der Waals surface area contributed by atoms with Crippen molar-refractivity contribution >= 4 is 17.5 Å². The van der Waals surface area contributed by atoms with Crippen molar-refractivity contribution in [2.75, 3.05) is 19.0 Å². The van der Waals surface area contributed by atoms with Gasteiger partial charge >= 0.3 is 0 Å². The number of amides is 1. The van der Waals surface area contributed by atoms with Crippen molar-refractivity contribution in [2.24, 2.45) is 0 Å². The zero-order chi connectivity index (χ0) is 15.1. The Morgan fingerprint density at radius 1 is 0.800 bits per heavy atom. The van der Waals surface area contributed by atoms with Crippen LogP contribution in [0, 0.1) is 0 Å². The van der Waals surface area contributed by atoms with Gasteiger partial charge in [-0.1, -0.05) is 65.2 Å². The van der Waals surface area contributed by atoms with Gasteiger partial charge in [-0.25, -0.2) is 0 Å². The molecule has 0 N–H and O–H groups in total. The highest BCUT2D eigenvalue weighted by Crippen LogP contribution is 2.08. The van der Waals surface area contributed by atoms with Gasteiger partial charge in [-0.15, -0.1) is 11.6 Å². The van der Waals surface area contributed by atoms with Crippen LogP contribution in [0.5, 0.6) is 0 Å². The van der Waals surface area contributed by atoms with Crippen molar-refractivity contribution in [1.82, 2.24) is 4.90 Å². The fourth-order valence-electron chi connectivity index (χ4n) is 2.41. The summed E-state index contributed by atoms with van der Waals surface area (Å²) in [6, 6.07) is 0. The van der Waals surface area contributed by atoms with E-state index in [1.54, 1.807) is 0 Å². The van der Waals surface area contributed by atoms with E-state index in [1.807, 2.05) is 4.90 Å². The summed E-state index contributed by atoms with van der Waals surface area (Å²) in [6.07, 6.45) is 13.0. The molecule has 120 valence electrons. The lowest BCUT2D eigenvalue weighted by Crippen LogP contribution is -2.33. The van der Waals surface area contributed by atoms with Crippen molar-refractivity contribution in [2.45, 2.75) is 84.5 Å². The molecular formula is C17H34ClNO. The first-order valence-electron chi connectivity index (χ1n) is 8.60. The molecule has 0 saturated carbocycles. The van der Waals surface area contributed by atoms with E-state index in [9.17, 15) is 4.79 Å². The third kappa shape index (κ3) is 11.6. The normalized spacial score (nSPS) is 10.8. The zero-order valence-corrected chi connectivity index (χ0v) is 14.4. The van der Waals surface area contributed by atoms with Crippen LogP contribution >= 0.6 is 11.6 Å². The van der Waals surface area contributed by atoms with Crippen molar-refractivity contribution in [1.29, 1.82) is 0 Å². The van der Waals surface area contributed by atoms with E-state index in [0.717, 1.165) is 25.9 Å². The molecular weight excluding hydrogens is 270 g/mol. The van der Waals surface area contributed by atoms with Crippen molar-refractivity contribution < 1.29 is 4.79 Å². The van der Waals surface area contributed by atoms with Crippen LogP contribution in [-0.4, -0.2) is 29.8 Å². The topological polar surface area (TPSA) is 20.3 Å². The molecule has 0 aromatic rings. The molecule has 0 aliphatic heterocycles. The van der Waals surface area contributed by atoms with Gasteiger partial charge in [-0.05, 0) is 12.8 Å². The molecule has 0 saturated heterocycles. The Balaban J connectivity index is 3.85. The average molecular weight is 304 g/mol. The van der Waals surface area contributed by atoms with Crippen LogP contribution in [0.3, 0.4) is 0 Å². The largest absolute Gasteiger partial charge is 0.343 e. The van der Waals surface area contributed by atoms with E-state index in [2.05, 4.69) is 13.8 Å². The molecule has 1 amide bonds. The molecule has 0 rings (SSSR count). The molecule has 0 unspecified atom stereocenters. The van der Waals surface area contributed by atoms with Gasteiger partial charge in [-0.2, -0.15) is 0 Å². The monoisotopic (exact) mass is 303 g/mol. The van der Waals surface area contributed by atoms with Crippen LogP contribution in [-0.2, 0) is 4.79 Å². The second-order valence-electron chi connectivity index (χ2n) is 5.65. The minimum absolute atomic E-state index is 0.242. The molecule has 0 spiro atoms. The Hall–Kier alpha value is -0.240. The number of nitrogens with zero attached hydrogens (tertiary/aromatic N) is 1. The SMILES string of the molecule is CCCCCCCN(CCCCCCC)C(=O)CCCl. The molecule has 0 aromatic carbocycles. The van der Waals surface area contributed by atoms with E-state index >= 15 is 0 Å². The fraction of sp³-hybridized carbons (Fsp3) is 0.941. The molecule has 0 radical (unpaired) electrons. The predicted molar refractivity (Wildman–Crippen MR) is 89.4 cm³/mol. The molecule has 20 heavy (non-hydrogen) atoms. The maximum Gasteiger partial charge on any atom is 0.223 e. The first kappa shape index (κ1) is 19.8. The molecule has 0 bridgehead atoms. The number of alkyl halides is 1. The lowest BCUT2D eigenvalue weighted by atomic mass is 10.1.